The van der Waals surface area contributed by atoms with Crippen LogP contribution >= 0.6 is 0 Å². The minimum atomic E-state index is -0.392. The average Bonchev–Trinajstić information content (AvgIpc) is 2.93. The second-order valence-electron chi connectivity index (χ2n) is 6.00. The highest BCUT2D eigenvalue weighted by Crippen LogP contribution is 2.15. The summed E-state index contributed by atoms with van der Waals surface area (Å²) in [4.78, 5) is 34.0. The van der Waals surface area contributed by atoms with Crippen molar-refractivity contribution >= 4 is 22.9 Å². The Bertz CT molecular complexity index is 769. The Morgan fingerprint density at radius 2 is 2.19 bits per heavy atom. The van der Waals surface area contributed by atoms with Gasteiger partial charge in [-0.25, -0.2) is 4.98 Å². The van der Waals surface area contributed by atoms with E-state index in [2.05, 4.69) is 21.1 Å². The Morgan fingerprint density at radius 1 is 1.38 bits per heavy atom. The second kappa shape index (κ2) is 9.70. The fourth-order valence-corrected chi connectivity index (χ4v) is 2.86. The smallest absolute Gasteiger partial charge is 0.325 e. The Morgan fingerprint density at radius 3 is 2.92 bits per heavy atom. The molecular formula is C19H26N4O3. The molecule has 0 saturated heterocycles. The first-order valence-corrected chi connectivity index (χ1v) is 8.88. The largest absolute Gasteiger partial charge is 0.465 e. The van der Waals surface area contributed by atoms with Crippen LogP contribution in [0.4, 0.5) is 0 Å². The third-order valence-electron chi connectivity index (χ3n) is 4.09. The number of aromatic nitrogens is 3. The highest BCUT2D eigenvalue weighted by molar-refractivity contribution is 5.82. The van der Waals surface area contributed by atoms with E-state index in [1.807, 2.05) is 13.0 Å². The highest BCUT2D eigenvalue weighted by Gasteiger charge is 2.16. The van der Waals surface area contributed by atoms with Gasteiger partial charge in [-0.1, -0.05) is 6.08 Å². The fraction of sp³-hybridized carbons (Fsp3) is 0.474. The van der Waals surface area contributed by atoms with Crippen LogP contribution in [-0.4, -0.2) is 51.0 Å². The third kappa shape index (κ3) is 5.15. The molecule has 140 valence electrons. The fourth-order valence-electron chi connectivity index (χ4n) is 2.86. The third-order valence-corrected chi connectivity index (χ3v) is 4.09. The Balaban J connectivity index is 1.85. The number of esters is 1. The molecular weight excluding hydrogens is 332 g/mol. The van der Waals surface area contributed by atoms with Crippen molar-refractivity contribution in [2.45, 2.75) is 39.7 Å². The zero-order chi connectivity index (χ0) is 18.9. The molecule has 0 aliphatic carbocycles. The lowest BCUT2D eigenvalue weighted by molar-refractivity contribution is -0.148. The summed E-state index contributed by atoms with van der Waals surface area (Å²) >= 11 is 0. The highest BCUT2D eigenvalue weighted by atomic mass is 16.5. The summed E-state index contributed by atoms with van der Waals surface area (Å²) in [5, 5.41) is 0. The molecule has 0 N–H and O–H groups in total. The lowest BCUT2D eigenvalue weighted by Gasteiger charge is -2.20. The Labute approximate surface area is 153 Å². The minimum Gasteiger partial charge on any atom is -0.465 e. The lowest BCUT2D eigenvalue weighted by Crippen LogP contribution is -2.36. The number of ether oxygens (including phenoxy) is 1. The summed E-state index contributed by atoms with van der Waals surface area (Å²) in [7, 11) is 0. The molecule has 26 heavy (non-hydrogen) atoms. The number of nitrogens with zero attached hydrogens (tertiary/aromatic N) is 4. The molecule has 0 atom stereocenters. The minimum absolute atomic E-state index is 0.0308. The Hall–Kier alpha value is -2.70. The van der Waals surface area contributed by atoms with Crippen LogP contribution in [0.2, 0.25) is 0 Å². The van der Waals surface area contributed by atoms with Crippen LogP contribution in [0.15, 0.2) is 31.1 Å². The molecule has 0 fully saturated rings. The molecule has 0 unspecified atom stereocenters. The maximum absolute atomic E-state index is 12.4. The van der Waals surface area contributed by atoms with Crippen molar-refractivity contribution in [2.75, 3.05) is 19.7 Å². The van der Waals surface area contributed by atoms with Crippen LogP contribution in [0.3, 0.4) is 0 Å². The molecule has 0 aliphatic rings. The number of amides is 1. The van der Waals surface area contributed by atoms with E-state index in [-0.39, 0.29) is 12.5 Å². The van der Waals surface area contributed by atoms with Crippen LogP contribution in [0.25, 0.3) is 11.0 Å². The van der Waals surface area contributed by atoms with Gasteiger partial charge in [-0.2, -0.15) is 0 Å². The number of carbonyl (C=O) groups is 2. The quantitative estimate of drug-likeness (QED) is 0.370. The number of rotatable bonds is 10. The molecule has 0 bridgehead atoms. The maximum Gasteiger partial charge on any atom is 0.325 e. The summed E-state index contributed by atoms with van der Waals surface area (Å²) in [5.41, 5.74) is 1.94. The summed E-state index contributed by atoms with van der Waals surface area (Å²) in [6.07, 6.45) is 7.10. The van der Waals surface area contributed by atoms with Gasteiger partial charge < -0.3 is 14.2 Å². The van der Waals surface area contributed by atoms with Gasteiger partial charge in [0.1, 0.15) is 17.9 Å². The van der Waals surface area contributed by atoms with Crippen molar-refractivity contribution in [3.63, 3.8) is 0 Å². The average molecular weight is 358 g/mol. The van der Waals surface area contributed by atoms with E-state index in [4.69, 9.17) is 4.74 Å². The number of imidazole rings is 1. The standard InChI is InChI=1S/C19H26N4O3/c1-4-11-22(14-19(25)26-5-2)18(24)8-6-7-12-23-15(3)21-16-13-20-10-9-17(16)23/h4,9-10,13H,1,5-8,11-12,14H2,2-3H3. The summed E-state index contributed by atoms with van der Waals surface area (Å²) in [6, 6.07) is 1.95. The maximum atomic E-state index is 12.4. The van der Waals surface area contributed by atoms with Crippen molar-refractivity contribution in [3.05, 3.63) is 36.9 Å². The van der Waals surface area contributed by atoms with Crippen LogP contribution in [0.5, 0.6) is 0 Å². The molecule has 2 rings (SSSR count). The summed E-state index contributed by atoms with van der Waals surface area (Å²) in [6.45, 7) is 8.77. The predicted octanol–water partition coefficient (Wildman–Crippen LogP) is 2.49. The zero-order valence-electron chi connectivity index (χ0n) is 15.5. The topological polar surface area (TPSA) is 77.3 Å². The molecule has 2 heterocycles. The molecule has 0 aromatic carbocycles. The molecule has 7 heteroatoms. The molecule has 0 saturated carbocycles. The van der Waals surface area contributed by atoms with Gasteiger partial charge >= 0.3 is 5.97 Å². The Kier molecular flexibility index (Phi) is 7.32. The van der Waals surface area contributed by atoms with Crippen molar-refractivity contribution < 1.29 is 14.3 Å². The van der Waals surface area contributed by atoms with Gasteiger partial charge in [-0.15, -0.1) is 6.58 Å². The van der Waals surface area contributed by atoms with Gasteiger partial charge in [0, 0.05) is 25.7 Å². The SMILES string of the molecule is C=CCN(CC(=O)OCC)C(=O)CCCCn1c(C)nc2cnccc21. The molecule has 7 nitrogen and oxygen atoms in total. The van der Waals surface area contributed by atoms with E-state index < -0.39 is 5.97 Å². The van der Waals surface area contributed by atoms with E-state index in [9.17, 15) is 9.59 Å². The molecule has 2 aromatic rings. The van der Waals surface area contributed by atoms with E-state index in [0.29, 0.717) is 19.6 Å². The monoisotopic (exact) mass is 358 g/mol. The van der Waals surface area contributed by atoms with Gasteiger partial charge in [0.15, 0.2) is 0 Å². The number of unbranched alkanes of at least 4 members (excludes halogenated alkanes) is 1. The number of hydrogen-bond donors (Lipinski definition) is 0. The lowest BCUT2D eigenvalue weighted by atomic mass is 10.2. The van der Waals surface area contributed by atoms with Gasteiger partial charge in [0.05, 0.1) is 18.3 Å². The van der Waals surface area contributed by atoms with Crippen LogP contribution in [0, 0.1) is 6.92 Å². The molecule has 0 spiro atoms. The summed E-state index contributed by atoms with van der Waals surface area (Å²) in [5.74, 6) is 0.487. The van der Waals surface area contributed by atoms with Gasteiger partial charge in [0.2, 0.25) is 5.91 Å². The van der Waals surface area contributed by atoms with Crippen molar-refractivity contribution in [1.82, 2.24) is 19.4 Å². The zero-order valence-corrected chi connectivity index (χ0v) is 15.5. The predicted molar refractivity (Wildman–Crippen MR) is 99.5 cm³/mol. The number of hydrogen-bond acceptors (Lipinski definition) is 5. The van der Waals surface area contributed by atoms with E-state index in [0.717, 1.165) is 36.2 Å². The van der Waals surface area contributed by atoms with Crippen molar-refractivity contribution in [3.8, 4) is 0 Å². The number of fused-ring (bicyclic) bond motifs is 1. The normalized spacial score (nSPS) is 10.7. The molecule has 0 radical (unpaired) electrons. The van der Waals surface area contributed by atoms with E-state index >= 15 is 0 Å². The molecule has 1 amide bonds. The number of pyridine rings is 1. The second-order valence-corrected chi connectivity index (χ2v) is 6.00. The first-order valence-electron chi connectivity index (χ1n) is 8.88. The molecule has 0 aliphatic heterocycles. The number of carbonyl (C=O) groups excluding carboxylic acids is 2. The summed E-state index contributed by atoms with van der Waals surface area (Å²) < 4.78 is 7.06. The van der Waals surface area contributed by atoms with E-state index in [1.165, 1.54) is 4.90 Å². The van der Waals surface area contributed by atoms with Crippen LogP contribution < -0.4 is 0 Å². The van der Waals surface area contributed by atoms with Crippen LogP contribution in [-0.2, 0) is 20.9 Å². The van der Waals surface area contributed by atoms with Crippen LogP contribution in [0.1, 0.15) is 32.0 Å². The van der Waals surface area contributed by atoms with Gasteiger partial charge in [-0.05, 0) is 32.8 Å². The first-order chi connectivity index (χ1) is 12.6. The number of aryl methyl sites for hydroxylation is 2. The van der Waals surface area contributed by atoms with Gasteiger partial charge in [-0.3, -0.25) is 14.6 Å². The molecule has 2 aromatic heterocycles. The van der Waals surface area contributed by atoms with Gasteiger partial charge in [0.25, 0.3) is 0 Å². The van der Waals surface area contributed by atoms with Crippen molar-refractivity contribution in [1.29, 1.82) is 0 Å². The first kappa shape index (κ1) is 19.6. The van der Waals surface area contributed by atoms with Crippen molar-refractivity contribution in [2.24, 2.45) is 0 Å². The van der Waals surface area contributed by atoms with E-state index in [1.54, 1.807) is 25.4 Å².